The molecule has 1 aliphatic carbocycles. The number of hydrogen-bond donors (Lipinski definition) is 1. The quantitative estimate of drug-likeness (QED) is 0.736. The summed E-state index contributed by atoms with van der Waals surface area (Å²) in [5, 5.41) is 12.2. The van der Waals surface area contributed by atoms with E-state index in [9.17, 15) is 0 Å². The van der Waals surface area contributed by atoms with Gasteiger partial charge in [0.05, 0.1) is 12.7 Å². The van der Waals surface area contributed by atoms with Crippen molar-refractivity contribution >= 4 is 5.69 Å². The zero-order valence-electron chi connectivity index (χ0n) is 13.0. The van der Waals surface area contributed by atoms with Gasteiger partial charge in [-0.3, -0.25) is 0 Å². The molecule has 2 rings (SSSR count). The van der Waals surface area contributed by atoms with E-state index in [0.29, 0.717) is 19.1 Å². The van der Waals surface area contributed by atoms with Crippen LogP contribution in [0.4, 0.5) is 5.69 Å². The third-order valence-electron chi connectivity index (χ3n) is 4.27. The Hall–Kier alpha value is -1.69. The molecule has 0 bridgehead atoms. The summed E-state index contributed by atoms with van der Waals surface area (Å²) in [6.45, 7) is 2.90. The lowest BCUT2D eigenvalue weighted by Gasteiger charge is -2.30. The first-order chi connectivity index (χ1) is 10.3. The Morgan fingerprint density at radius 3 is 3.10 bits per heavy atom. The minimum Gasteiger partial charge on any atom is -0.493 e. The zero-order chi connectivity index (χ0) is 14.9. The summed E-state index contributed by atoms with van der Waals surface area (Å²) in [7, 11) is 0. The molecule has 0 saturated heterocycles. The Bertz CT molecular complexity index is 467. The van der Waals surface area contributed by atoms with Crippen LogP contribution in [0, 0.1) is 17.2 Å². The van der Waals surface area contributed by atoms with E-state index in [1.54, 1.807) is 0 Å². The summed E-state index contributed by atoms with van der Waals surface area (Å²) < 4.78 is 5.69. The molecule has 0 aromatic heterocycles. The van der Waals surface area contributed by atoms with Gasteiger partial charge in [0.1, 0.15) is 5.75 Å². The maximum Gasteiger partial charge on any atom is 0.121 e. The van der Waals surface area contributed by atoms with Gasteiger partial charge in [-0.1, -0.05) is 32.3 Å². The van der Waals surface area contributed by atoms with E-state index in [0.717, 1.165) is 23.8 Å². The van der Waals surface area contributed by atoms with E-state index < -0.39 is 0 Å². The highest BCUT2D eigenvalue weighted by atomic mass is 16.5. The van der Waals surface area contributed by atoms with Gasteiger partial charge in [-0.15, -0.1) is 0 Å². The lowest BCUT2D eigenvalue weighted by molar-refractivity contribution is 0.312. The first-order valence-corrected chi connectivity index (χ1v) is 8.18. The second kappa shape index (κ2) is 8.56. The SMILES string of the molecule is CCC1CCCC(Nc2cccc(OCCCC#N)c2)C1. The van der Waals surface area contributed by atoms with Crippen LogP contribution >= 0.6 is 0 Å². The van der Waals surface area contributed by atoms with Gasteiger partial charge in [0.2, 0.25) is 0 Å². The van der Waals surface area contributed by atoms with Crippen molar-refractivity contribution in [2.75, 3.05) is 11.9 Å². The molecule has 0 radical (unpaired) electrons. The highest BCUT2D eigenvalue weighted by Gasteiger charge is 2.20. The fraction of sp³-hybridized carbons (Fsp3) is 0.611. The van der Waals surface area contributed by atoms with E-state index in [1.165, 1.54) is 32.1 Å². The topological polar surface area (TPSA) is 45.0 Å². The average molecular weight is 286 g/mol. The van der Waals surface area contributed by atoms with E-state index in [2.05, 4.69) is 30.4 Å². The van der Waals surface area contributed by atoms with Crippen LogP contribution < -0.4 is 10.1 Å². The molecular weight excluding hydrogens is 260 g/mol. The molecule has 0 heterocycles. The monoisotopic (exact) mass is 286 g/mol. The largest absolute Gasteiger partial charge is 0.493 e. The minimum atomic E-state index is 0.554. The number of nitrogens with one attached hydrogen (secondary N) is 1. The zero-order valence-corrected chi connectivity index (χ0v) is 13.0. The molecule has 3 heteroatoms. The molecule has 114 valence electrons. The standard InChI is InChI=1S/C18H26N2O/c1-2-15-7-5-8-16(13-15)20-17-9-6-10-18(14-17)21-12-4-3-11-19/h6,9-10,14-16,20H,2-5,7-8,12-13H2,1H3. The highest BCUT2D eigenvalue weighted by Crippen LogP contribution is 2.29. The van der Waals surface area contributed by atoms with Crippen LogP contribution in [0.2, 0.25) is 0 Å². The number of anilines is 1. The van der Waals surface area contributed by atoms with Crippen molar-refractivity contribution in [3.8, 4) is 11.8 Å². The van der Waals surface area contributed by atoms with Crippen molar-refractivity contribution in [1.29, 1.82) is 5.26 Å². The van der Waals surface area contributed by atoms with Crippen LogP contribution in [0.5, 0.6) is 5.75 Å². The second-order valence-corrected chi connectivity index (χ2v) is 5.92. The lowest BCUT2D eigenvalue weighted by atomic mass is 9.84. The normalized spacial score (nSPS) is 21.5. The summed E-state index contributed by atoms with van der Waals surface area (Å²) in [5.41, 5.74) is 1.15. The first-order valence-electron chi connectivity index (χ1n) is 8.18. The van der Waals surface area contributed by atoms with Crippen molar-refractivity contribution in [2.24, 2.45) is 5.92 Å². The van der Waals surface area contributed by atoms with Gasteiger partial charge in [-0.2, -0.15) is 5.26 Å². The fourth-order valence-corrected chi connectivity index (χ4v) is 3.05. The predicted molar refractivity (Wildman–Crippen MR) is 86.4 cm³/mol. The number of unbranched alkanes of at least 4 members (excludes halogenated alkanes) is 1. The van der Waals surface area contributed by atoms with Crippen molar-refractivity contribution < 1.29 is 4.74 Å². The van der Waals surface area contributed by atoms with E-state index in [4.69, 9.17) is 10.00 Å². The van der Waals surface area contributed by atoms with Gasteiger partial charge in [0.15, 0.2) is 0 Å². The summed E-state index contributed by atoms with van der Waals surface area (Å²) in [6, 6.07) is 10.9. The number of rotatable bonds is 7. The Balaban J connectivity index is 1.84. The van der Waals surface area contributed by atoms with Crippen LogP contribution in [0.3, 0.4) is 0 Å². The maximum atomic E-state index is 8.52. The number of nitriles is 1. The minimum absolute atomic E-state index is 0.554. The van der Waals surface area contributed by atoms with Gasteiger partial charge in [0, 0.05) is 24.2 Å². The molecule has 1 N–H and O–H groups in total. The first kappa shape index (κ1) is 15.7. The van der Waals surface area contributed by atoms with Gasteiger partial charge < -0.3 is 10.1 Å². The van der Waals surface area contributed by atoms with E-state index >= 15 is 0 Å². The molecule has 1 fully saturated rings. The number of benzene rings is 1. The Labute approximate surface area is 128 Å². The molecule has 0 amide bonds. The summed E-state index contributed by atoms with van der Waals surface area (Å²) in [5.74, 6) is 1.77. The number of hydrogen-bond acceptors (Lipinski definition) is 3. The Kier molecular flexibility index (Phi) is 6.40. The van der Waals surface area contributed by atoms with Crippen molar-refractivity contribution in [3.63, 3.8) is 0 Å². The van der Waals surface area contributed by atoms with E-state index in [1.807, 2.05) is 12.1 Å². The molecule has 21 heavy (non-hydrogen) atoms. The lowest BCUT2D eigenvalue weighted by Crippen LogP contribution is -2.27. The summed E-state index contributed by atoms with van der Waals surface area (Å²) in [4.78, 5) is 0. The van der Waals surface area contributed by atoms with Crippen LogP contribution in [-0.4, -0.2) is 12.6 Å². The fourth-order valence-electron chi connectivity index (χ4n) is 3.05. The summed E-state index contributed by atoms with van der Waals surface area (Å²) in [6.07, 6.45) is 7.90. The molecule has 3 nitrogen and oxygen atoms in total. The van der Waals surface area contributed by atoms with Gasteiger partial charge in [-0.05, 0) is 37.3 Å². The van der Waals surface area contributed by atoms with Gasteiger partial charge in [-0.25, -0.2) is 0 Å². The molecule has 0 spiro atoms. The predicted octanol–water partition coefficient (Wildman–Crippen LogP) is 4.75. The van der Waals surface area contributed by atoms with Crippen LogP contribution in [0.1, 0.15) is 51.9 Å². The van der Waals surface area contributed by atoms with Crippen molar-refractivity contribution in [1.82, 2.24) is 0 Å². The third kappa shape index (κ3) is 5.30. The molecule has 1 aromatic rings. The molecule has 1 aliphatic rings. The molecule has 2 unspecified atom stereocenters. The summed E-state index contributed by atoms with van der Waals surface area (Å²) >= 11 is 0. The highest BCUT2D eigenvalue weighted by molar-refractivity contribution is 5.48. The van der Waals surface area contributed by atoms with Crippen molar-refractivity contribution in [3.05, 3.63) is 24.3 Å². The Morgan fingerprint density at radius 2 is 2.29 bits per heavy atom. The van der Waals surface area contributed by atoms with Gasteiger partial charge in [0.25, 0.3) is 0 Å². The number of nitrogens with zero attached hydrogens (tertiary/aromatic N) is 1. The molecule has 2 atom stereocenters. The Morgan fingerprint density at radius 1 is 1.38 bits per heavy atom. The van der Waals surface area contributed by atoms with Crippen LogP contribution in [-0.2, 0) is 0 Å². The van der Waals surface area contributed by atoms with Gasteiger partial charge >= 0.3 is 0 Å². The second-order valence-electron chi connectivity index (χ2n) is 5.92. The third-order valence-corrected chi connectivity index (χ3v) is 4.27. The molecule has 0 aliphatic heterocycles. The number of ether oxygens (including phenoxy) is 1. The smallest absolute Gasteiger partial charge is 0.121 e. The maximum absolute atomic E-state index is 8.52. The van der Waals surface area contributed by atoms with Crippen molar-refractivity contribution in [2.45, 2.75) is 57.9 Å². The molecule has 1 aromatic carbocycles. The molecule has 1 saturated carbocycles. The van der Waals surface area contributed by atoms with Crippen LogP contribution in [0.25, 0.3) is 0 Å². The van der Waals surface area contributed by atoms with Crippen LogP contribution in [0.15, 0.2) is 24.3 Å². The van der Waals surface area contributed by atoms with E-state index in [-0.39, 0.29) is 0 Å². The average Bonchev–Trinajstić information content (AvgIpc) is 2.52. The molecular formula is C18H26N2O.